The SMILES string of the molecule is CCN1CCN(c2ccc(CNC(=O)NC[C@H]3CCOC3)cn2)CC1. The first-order valence-electron chi connectivity index (χ1n) is 9.26. The van der Waals surface area contributed by atoms with Gasteiger partial charge in [-0.05, 0) is 24.6 Å². The molecule has 0 radical (unpaired) electrons. The van der Waals surface area contributed by atoms with Gasteiger partial charge in [0.05, 0.1) is 6.61 Å². The summed E-state index contributed by atoms with van der Waals surface area (Å²) in [4.78, 5) is 21.2. The van der Waals surface area contributed by atoms with Gasteiger partial charge < -0.3 is 25.2 Å². The summed E-state index contributed by atoms with van der Waals surface area (Å²) in [5.41, 5.74) is 1.01. The first kappa shape index (κ1) is 17.9. The lowest BCUT2D eigenvalue weighted by atomic mass is 10.1. The molecule has 0 aromatic carbocycles. The topological polar surface area (TPSA) is 69.7 Å². The van der Waals surface area contributed by atoms with Gasteiger partial charge in [0.25, 0.3) is 0 Å². The number of likely N-dealkylation sites (N-methyl/N-ethyl adjacent to an activating group) is 1. The maximum atomic E-state index is 11.9. The van der Waals surface area contributed by atoms with Crippen LogP contribution in [0, 0.1) is 5.92 Å². The number of carbonyl (C=O) groups is 1. The molecular formula is C18H29N5O2. The van der Waals surface area contributed by atoms with Crippen LogP contribution in [-0.2, 0) is 11.3 Å². The molecule has 1 atom stereocenters. The van der Waals surface area contributed by atoms with Gasteiger partial charge in [0.2, 0.25) is 0 Å². The molecule has 0 saturated carbocycles. The average Bonchev–Trinajstić information content (AvgIpc) is 3.19. The monoisotopic (exact) mass is 347 g/mol. The molecule has 25 heavy (non-hydrogen) atoms. The molecule has 7 nitrogen and oxygen atoms in total. The number of nitrogens with one attached hydrogen (secondary N) is 2. The zero-order valence-corrected chi connectivity index (χ0v) is 15.0. The fourth-order valence-corrected chi connectivity index (χ4v) is 3.23. The maximum Gasteiger partial charge on any atom is 0.315 e. The van der Waals surface area contributed by atoms with Crippen molar-refractivity contribution in [1.82, 2.24) is 20.5 Å². The van der Waals surface area contributed by atoms with Gasteiger partial charge in [-0.3, -0.25) is 0 Å². The Labute approximate surface area is 149 Å². The van der Waals surface area contributed by atoms with E-state index in [2.05, 4.69) is 32.3 Å². The van der Waals surface area contributed by atoms with Crippen LogP contribution in [0.25, 0.3) is 0 Å². The highest BCUT2D eigenvalue weighted by atomic mass is 16.5. The molecule has 1 aromatic rings. The molecule has 2 aliphatic heterocycles. The van der Waals surface area contributed by atoms with E-state index >= 15 is 0 Å². The van der Waals surface area contributed by atoms with Crippen molar-refractivity contribution in [2.24, 2.45) is 5.92 Å². The number of hydrogen-bond donors (Lipinski definition) is 2. The average molecular weight is 347 g/mol. The van der Waals surface area contributed by atoms with Gasteiger partial charge in [0, 0.05) is 58.0 Å². The minimum atomic E-state index is -0.133. The lowest BCUT2D eigenvalue weighted by Crippen LogP contribution is -2.46. The molecule has 7 heteroatoms. The number of rotatable bonds is 6. The molecule has 3 heterocycles. The van der Waals surface area contributed by atoms with E-state index in [1.165, 1.54) is 0 Å². The zero-order chi connectivity index (χ0) is 17.5. The van der Waals surface area contributed by atoms with Crippen LogP contribution >= 0.6 is 0 Å². The van der Waals surface area contributed by atoms with Gasteiger partial charge in [0.1, 0.15) is 5.82 Å². The summed E-state index contributed by atoms with van der Waals surface area (Å²) < 4.78 is 5.31. The van der Waals surface area contributed by atoms with Gasteiger partial charge in [0.15, 0.2) is 0 Å². The van der Waals surface area contributed by atoms with E-state index in [4.69, 9.17) is 4.74 Å². The van der Waals surface area contributed by atoms with E-state index in [1.807, 2.05) is 18.3 Å². The van der Waals surface area contributed by atoms with E-state index in [0.29, 0.717) is 19.0 Å². The number of anilines is 1. The van der Waals surface area contributed by atoms with Gasteiger partial charge in [-0.15, -0.1) is 0 Å². The number of urea groups is 1. The number of piperazine rings is 1. The number of pyridine rings is 1. The predicted octanol–water partition coefficient (Wildman–Crippen LogP) is 1.06. The minimum absolute atomic E-state index is 0.133. The summed E-state index contributed by atoms with van der Waals surface area (Å²) in [6.45, 7) is 10.3. The molecule has 1 aromatic heterocycles. The van der Waals surface area contributed by atoms with Gasteiger partial charge >= 0.3 is 6.03 Å². The fraction of sp³-hybridized carbons (Fsp3) is 0.667. The molecule has 2 aliphatic rings. The molecule has 0 aliphatic carbocycles. The summed E-state index contributed by atoms with van der Waals surface area (Å²) in [6.07, 6.45) is 2.88. The molecule has 2 fully saturated rings. The van der Waals surface area contributed by atoms with E-state index < -0.39 is 0 Å². The highest BCUT2D eigenvalue weighted by Gasteiger charge is 2.17. The summed E-state index contributed by atoms with van der Waals surface area (Å²) in [6, 6.07) is 3.96. The Morgan fingerprint density at radius 1 is 1.28 bits per heavy atom. The summed E-state index contributed by atoms with van der Waals surface area (Å²) >= 11 is 0. The third-order valence-electron chi connectivity index (χ3n) is 4.98. The van der Waals surface area contributed by atoms with Crippen molar-refractivity contribution in [3.05, 3.63) is 23.9 Å². The summed E-state index contributed by atoms with van der Waals surface area (Å²) in [5.74, 6) is 1.46. The van der Waals surface area contributed by atoms with Crippen molar-refractivity contribution in [1.29, 1.82) is 0 Å². The molecule has 2 N–H and O–H groups in total. The Balaban J connectivity index is 1.39. The standard InChI is InChI=1S/C18H29N5O2/c1-2-22-6-8-23(9-7-22)17-4-3-15(11-19-17)12-20-18(24)21-13-16-5-10-25-14-16/h3-4,11,16H,2,5-10,12-14H2,1H3,(H2,20,21,24)/t16-/m1/s1. The van der Waals surface area contributed by atoms with Crippen LogP contribution in [0.15, 0.2) is 18.3 Å². The molecular weight excluding hydrogens is 318 g/mol. The zero-order valence-electron chi connectivity index (χ0n) is 15.0. The Bertz CT molecular complexity index is 537. The van der Waals surface area contributed by atoms with Crippen LogP contribution in [0.5, 0.6) is 0 Å². The quantitative estimate of drug-likeness (QED) is 0.805. The van der Waals surface area contributed by atoms with E-state index in [0.717, 1.165) is 63.7 Å². The maximum absolute atomic E-state index is 11.9. The molecule has 0 unspecified atom stereocenters. The second-order valence-electron chi connectivity index (χ2n) is 6.74. The number of ether oxygens (including phenoxy) is 1. The summed E-state index contributed by atoms with van der Waals surface area (Å²) in [7, 11) is 0. The number of hydrogen-bond acceptors (Lipinski definition) is 5. The first-order valence-corrected chi connectivity index (χ1v) is 9.26. The largest absolute Gasteiger partial charge is 0.381 e. The molecule has 138 valence electrons. The number of nitrogens with zero attached hydrogens (tertiary/aromatic N) is 3. The van der Waals surface area contributed by atoms with Crippen LogP contribution in [0.3, 0.4) is 0 Å². The van der Waals surface area contributed by atoms with Crippen molar-refractivity contribution in [2.45, 2.75) is 19.9 Å². The first-order chi connectivity index (χ1) is 12.2. The number of carbonyl (C=O) groups excluding carboxylic acids is 1. The van der Waals surface area contributed by atoms with Crippen LogP contribution in [0.4, 0.5) is 10.6 Å². The summed E-state index contributed by atoms with van der Waals surface area (Å²) in [5, 5.41) is 5.79. The highest BCUT2D eigenvalue weighted by molar-refractivity contribution is 5.73. The Kier molecular flexibility index (Phi) is 6.47. The van der Waals surface area contributed by atoms with Crippen molar-refractivity contribution in [3.8, 4) is 0 Å². The molecule has 3 rings (SSSR count). The third-order valence-corrected chi connectivity index (χ3v) is 4.98. The van der Waals surface area contributed by atoms with E-state index in [9.17, 15) is 4.79 Å². The fourth-order valence-electron chi connectivity index (χ4n) is 3.23. The van der Waals surface area contributed by atoms with Crippen LogP contribution in [-0.4, -0.2) is 68.4 Å². The second kappa shape index (κ2) is 9.01. The lowest BCUT2D eigenvalue weighted by Gasteiger charge is -2.34. The van der Waals surface area contributed by atoms with Gasteiger partial charge in [-0.25, -0.2) is 9.78 Å². The molecule has 2 amide bonds. The van der Waals surface area contributed by atoms with Crippen molar-refractivity contribution in [2.75, 3.05) is 57.4 Å². The van der Waals surface area contributed by atoms with Crippen molar-refractivity contribution < 1.29 is 9.53 Å². The van der Waals surface area contributed by atoms with Gasteiger partial charge in [-0.2, -0.15) is 0 Å². The Morgan fingerprint density at radius 2 is 2.12 bits per heavy atom. The highest BCUT2D eigenvalue weighted by Crippen LogP contribution is 2.14. The Morgan fingerprint density at radius 3 is 2.76 bits per heavy atom. The normalized spacial score (nSPS) is 21.3. The van der Waals surface area contributed by atoms with Crippen molar-refractivity contribution in [3.63, 3.8) is 0 Å². The minimum Gasteiger partial charge on any atom is -0.381 e. The molecule has 0 bridgehead atoms. The number of aromatic nitrogens is 1. The van der Waals surface area contributed by atoms with E-state index in [-0.39, 0.29) is 6.03 Å². The third kappa shape index (κ3) is 5.31. The van der Waals surface area contributed by atoms with Gasteiger partial charge in [-0.1, -0.05) is 13.0 Å². The predicted molar refractivity (Wildman–Crippen MR) is 97.7 cm³/mol. The Hall–Kier alpha value is -1.86. The van der Waals surface area contributed by atoms with Crippen LogP contribution < -0.4 is 15.5 Å². The molecule has 2 saturated heterocycles. The lowest BCUT2D eigenvalue weighted by molar-refractivity contribution is 0.185. The molecule has 0 spiro atoms. The van der Waals surface area contributed by atoms with Crippen LogP contribution in [0.2, 0.25) is 0 Å². The smallest absolute Gasteiger partial charge is 0.315 e. The number of amides is 2. The van der Waals surface area contributed by atoms with E-state index in [1.54, 1.807) is 0 Å². The van der Waals surface area contributed by atoms with Crippen LogP contribution in [0.1, 0.15) is 18.9 Å². The second-order valence-corrected chi connectivity index (χ2v) is 6.74. The van der Waals surface area contributed by atoms with Crippen molar-refractivity contribution >= 4 is 11.8 Å².